The Morgan fingerprint density at radius 1 is 0.857 bits per heavy atom. The Morgan fingerprint density at radius 3 is 1.33 bits per heavy atom. The second kappa shape index (κ2) is 7.03. The van der Waals surface area contributed by atoms with Crippen molar-refractivity contribution >= 4 is 19.0 Å². The molecule has 0 saturated carbocycles. The van der Waals surface area contributed by atoms with Crippen LogP contribution in [0.25, 0.3) is 0 Å². The summed E-state index contributed by atoms with van der Waals surface area (Å²) in [7, 11) is -6.00. The number of halogens is 4. The topological polar surface area (TPSA) is 11.3 Å². The normalized spacial score (nSPS) is 12.7. The molecule has 0 amide bonds. The van der Waals surface area contributed by atoms with E-state index in [4.69, 9.17) is 4.42 Å². The van der Waals surface area contributed by atoms with Gasteiger partial charge in [-0.15, -0.1) is 11.8 Å². The predicted octanol–water partition coefficient (Wildman–Crippen LogP) is 6.18. The van der Waals surface area contributed by atoms with E-state index >= 15 is 0 Å². The average Bonchev–Trinajstić information content (AvgIpc) is 2.23. The monoisotopic (exact) mass is 326 g/mol. The zero-order valence-electron chi connectivity index (χ0n) is 13.6. The van der Waals surface area contributed by atoms with Gasteiger partial charge in [-0.2, -0.15) is 0 Å². The summed E-state index contributed by atoms with van der Waals surface area (Å²) in [5.74, 6) is 2.12. The Hall–Kier alpha value is -0.715. The Kier molecular flexibility index (Phi) is 6.79. The predicted molar refractivity (Wildman–Crippen MR) is 82.5 cm³/mol. The molecule has 0 radical (unpaired) electrons. The Bertz CT molecular complexity index is 423. The molecule has 21 heavy (non-hydrogen) atoms. The third-order valence-electron chi connectivity index (χ3n) is 2.48. The standard InChI is InChI=1S/C14H23OS.BF4/c1-13(2,3)11-8-10(16-7)9-12(15-11)14(4,5)6;2-1(3,4)5/h8-9H,1-7H3;/q+1;-1. The van der Waals surface area contributed by atoms with E-state index in [1.807, 2.05) is 0 Å². The third kappa shape index (κ3) is 9.01. The van der Waals surface area contributed by atoms with E-state index in [9.17, 15) is 17.3 Å². The van der Waals surface area contributed by atoms with E-state index in [0.29, 0.717) is 0 Å². The number of hydrogen-bond donors (Lipinski definition) is 0. The average molecular weight is 326 g/mol. The molecule has 0 N–H and O–H groups in total. The molecule has 0 spiro atoms. The van der Waals surface area contributed by atoms with Gasteiger partial charge < -0.3 is 17.3 Å². The largest absolute Gasteiger partial charge is 0.673 e. The summed E-state index contributed by atoms with van der Waals surface area (Å²) < 4.78 is 45.0. The molecule has 0 aliphatic carbocycles. The minimum absolute atomic E-state index is 0.0613. The zero-order valence-corrected chi connectivity index (χ0v) is 14.4. The fourth-order valence-corrected chi connectivity index (χ4v) is 1.78. The lowest BCUT2D eigenvalue weighted by molar-refractivity contribution is 0.326. The summed E-state index contributed by atoms with van der Waals surface area (Å²) in [6.07, 6.45) is 2.11. The van der Waals surface area contributed by atoms with Crippen LogP contribution < -0.4 is 0 Å². The van der Waals surface area contributed by atoms with Crippen molar-refractivity contribution in [2.45, 2.75) is 57.3 Å². The van der Waals surface area contributed by atoms with Gasteiger partial charge in [0.1, 0.15) is 0 Å². The Morgan fingerprint density at radius 2 is 1.14 bits per heavy atom. The van der Waals surface area contributed by atoms with Crippen LogP contribution in [-0.2, 0) is 10.8 Å². The first kappa shape index (κ1) is 20.3. The first-order valence-corrected chi connectivity index (χ1v) is 7.77. The van der Waals surface area contributed by atoms with Crippen molar-refractivity contribution in [3.63, 3.8) is 0 Å². The van der Waals surface area contributed by atoms with Gasteiger partial charge in [0.2, 0.25) is 0 Å². The van der Waals surface area contributed by atoms with Crippen molar-refractivity contribution in [2.75, 3.05) is 6.26 Å². The molecular weight excluding hydrogens is 303 g/mol. The molecule has 122 valence electrons. The first-order chi connectivity index (χ1) is 9.14. The molecular formula is C14H23BF4OS. The van der Waals surface area contributed by atoms with Crippen LogP contribution in [0.15, 0.2) is 21.4 Å². The quantitative estimate of drug-likeness (QED) is 0.264. The van der Waals surface area contributed by atoms with Crippen LogP contribution in [0.2, 0.25) is 0 Å². The Balaban J connectivity index is 0.000000690. The third-order valence-corrected chi connectivity index (χ3v) is 3.19. The van der Waals surface area contributed by atoms with Gasteiger partial charge in [-0.1, -0.05) is 0 Å². The molecule has 0 atom stereocenters. The van der Waals surface area contributed by atoms with Gasteiger partial charge in [-0.25, -0.2) is 4.42 Å². The summed E-state index contributed by atoms with van der Waals surface area (Å²) >= 11 is 1.77. The first-order valence-electron chi connectivity index (χ1n) is 6.55. The van der Waals surface area contributed by atoms with Crippen LogP contribution in [0, 0.1) is 0 Å². The number of hydrogen-bond acceptors (Lipinski definition) is 1. The van der Waals surface area contributed by atoms with E-state index in [2.05, 4.69) is 59.9 Å². The minimum atomic E-state index is -6.00. The van der Waals surface area contributed by atoms with Gasteiger partial charge in [-0.05, 0) is 47.8 Å². The molecule has 1 aromatic heterocycles. The highest BCUT2D eigenvalue weighted by Crippen LogP contribution is 2.32. The van der Waals surface area contributed by atoms with Crippen LogP contribution in [0.5, 0.6) is 0 Å². The molecule has 0 fully saturated rings. The maximum absolute atomic E-state index is 9.75. The molecule has 0 aliphatic rings. The molecule has 0 unspecified atom stereocenters. The molecule has 1 aromatic rings. The molecule has 0 aromatic carbocycles. The van der Waals surface area contributed by atoms with Gasteiger partial charge in [0, 0.05) is 4.90 Å². The lowest BCUT2D eigenvalue weighted by Crippen LogP contribution is -2.16. The molecule has 1 nitrogen and oxygen atoms in total. The minimum Gasteiger partial charge on any atom is -0.418 e. The summed E-state index contributed by atoms with van der Waals surface area (Å²) in [5.41, 5.74) is 0.123. The summed E-state index contributed by atoms with van der Waals surface area (Å²) in [4.78, 5) is 1.28. The smallest absolute Gasteiger partial charge is 0.418 e. The lowest BCUT2D eigenvalue weighted by Gasteiger charge is -2.14. The van der Waals surface area contributed by atoms with Gasteiger partial charge in [0.15, 0.2) is 0 Å². The second-order valence-corrected chi connectivity index (χ2v) is 7.60. The summed E-state index contributed by atoms with van der Waals surface area (Å²) in [6.45, 7) is 13.1. The summed E-state index contributed by atoms with van der Waals surface area (Å²) in [5, 5.41) is 0. The van der Waals surface area contributed by atoms with E-state index in [1.54, 1.807) is 11.8 Å². The molecule has 7 heteroatoms. The SMILES string of the molecule is CSc1cc(C(C)(C)C)[o+]c(C(C)(C)C)c1.F[B-](F)(F)F. The van der Waals surface area contributed by atoms with Crippen LogP contribution in [0.4, 0.5) is 17.3 Å². The number of rotatable bonds is 1. The van der Waals surface area contributed by atoms with Crippen LogP contribution in [0.1, 0.15) is 53.1 Å². The number of thioether (sulfide) groups is 1. The fourth-order valence-electron chi connectivity index (χ4n) is 1.33. The Labute approximate surface area is 128 Å². The van der Waals surface area contributed by atoms with Gasteiger partial charge in [0.05, 0.1) is 23.0 Å². The van der Waals surface area contributed by atoms with E-state index < -0.39 is 7.25 Å². The van der Waals surface area contributed by atoms with Crippen LogP contribution in [0.3, 0.4) is 0 Å². The van der Waals surface area contributed by atoms with Crippen molar-refractivity contribution < 1.29 is 21.7 Å². The maximum Gasteiger partial charge on any atom is 0.673 e. The zero-order chi connectivity index (χ0) is 17.1. The van der Waals surface area contributed by atoms with E-state index in [1.165, 1.54) is 4.90 Å². The summed E-state index contributed by atoms with van der Waals surface area (Å²) in [6, 6.07) is 4.31. The second-order valence-electron chi connectivity index (χ2n) is 6.72. The van der Waals surface area contributed by atoms with E-state index in [0.717, 1.165) is 11.5 Å². The van der Waals surface area contributed by atoms with Crippen LogP contribution >= 0.6 is 11.8 Å². The van der Waals surface area contributed by atoms with Gasteiger partial charge >= 0.3 is 18.8 Å². The fraction of sp³-hybridized carbons (Fsp3) is 0.643. The van der Waals surface area contributed by atoms with Crippen molar-refractivity contribution in [1.29, 1.82) is 0 Å². The van der Waals surface area contributed by atoms with Crippen molar-refractivity contribution in [1.82, 2.24) is 0 Å². The molecule has 0 bridgehead atoms. The highest BCUT2D eigenvalue weighted by molar-refractivity contribution is 7.98. The van der Waals surface area contributed by atoms with Crippen LogP contribution in [-0.4, -0.2) is 13.5 Å². The highest BCUT2D eigenvalue weighted by atomic mass is 32.2. The van der Waals surface area contributed by atoms with Gasteiger partial charge in [0.25, 0.3) is 0 Å². The molecule has 0 saturated heterocycles. The van der Waals surface area contributed by atoms with Crippen molar-refractivity contribution in [2.24, 2.45) is 0 Å². The van der Waals surface area contributed by atoms with Crippen molar-refractivity contribution in [3.05, 3.63) is 23.7 Å². The highest BCUT2D eigenvalue weighted by Gasteiger charge is 2.33. The van der Waals surface area contributed by atoms with Crippen molar-refractivity contribution in [3.8, 4) is 0 Å². The van der Waals surface area contributed by atoms with Gasteiger partial charge in [-0.3, -0.25) is 0 Å². The molecule has 0 aliphatic heterocycles. The lowest BCUT2D eigenvalue weighted by atomic mass is 9.90. The molecule has 1 heterocycles. The van der Waals surface area contributed by atoms with E-state index in [-0.39, 0.29) is 10.8 Å². The maximum atomic E-state index is 9.75. The molecule has 1 rings (SSSR count).